The molecular weight excluding hydrogens is 214 g/mol. The van der Waals surface area contributed by atoms with E-state index >= 15 is 0 Å². The monoisotopic (exact) mass is 229 g/mol. The van der Waals surface area contributed by atoms with Crippen molar-refractivity contribution in [3.05, 3.63) is 17.8 Å². The number of hydrogen-bond donors (Lipinski definition) is 1. The molecule has 0 aliphatic heterocycles. The Morgan fingerprint density at radius 1 is 1.41 bits per heavy atom. The van der Waals surface area contributed by atoms with E-state index in [-0.39, 0.29) is 5.54 Å². The van der Waals surface area contributed by atoms with Gasteiger partial charge in [0.05, 0.1) is 17.3 Å². The average molecular weight is 229 g/mol. The normalized spacial score (nSPS) is 11.5. The predicted molar refractivity (Wildman–Crippen MR) is 66.8 cm³/mol. The number of hydrogen-bond acceptors (Lipinski definition) is 4. The van der Waals surface area contributed by atoms with E-state index in [9.17, 15) is 0 Å². The second-order valence-corrected chi connectivity index (χ2v) is 4.89. The van der Waals surface area contributed by atoms with Crippen molar-refractivity contribution in [1.82, 2.24) is 14.8 Å². The van der Waals surface area contributed by atoms with Gasteiger partial charge in [0.2, 0.25) is 0 Å². The van der Waals surface area contributed by atoms with Crippen molar-refractivity contribution in [2.45, 2.75) is 26.3 Å². The van der Waals surface area contributed by atoms with Crippen molar-refractivity contribution in [2.24, 2.45) is 0 Å². The molecular formula is C12H15N5. The summed E-state index contributed by atoms with van der Waals surface area (Å²) in [6.45, 7) is 6.20. The van der Waals surface area contributed by atoms with E-state index in [1.54, 1.807) is 13.2 Å². The Bertz CT molecular complexity index is 598. The van der Waals surface area contributed by atoms with Crippen LogP contribution in [0.4, 0.5) is 5.82 Å². The fourth-order valence-corrected chi connectivity index (χ4v) is 1.73. The van der Waals surface area contributed by atoms with E-state index in [1.807, 2.05) is 10.7 Å². The second kappa shape index (κ2) is 3.74. The van der Waals surface area contributed by atoms with Crippen LogP contribution in [0.25, 0.3) is 11.0 Å². The molecule has 88 valence electrons. The van der Waals surface area contributed by atoms with Crippen LogP contribution in [-0.4, -0.2) is 21.8 Å². The highest BCUT2D eigenvalue weighted by molar-refractivity contribution is 5.79. The molecule has 0 aliphatic carbocycles. The first kappa shape index (κ1) is 11.4. The molecule has 2 heterocycles. The van der Waals surface area contributed by atoms with Gasteiger partial charge in [-0.1, -0.05) is 0 Å². The second-order valence-electron chi connectivity index (χ2n) is 4.89. The van der Waals surface area contributed by atoms with Crippen LogP contribution < -0.4 is 5.32 Å². The van der Waals surface area contributed by atoms with Crippen LogP contribution in [0.2, 0.25) is 0 Å². The number of nitriles is 1. The van der Waals surface area contributed by atoms with E-state index in [4.69, 9.17) is 5.26 Å². The van der Waals surface area contributed by atoms with Gasteiger partial charge in [0, 0.05) is 12.4 Å². The van der Waals surface area contributed by atoms with Crippen molar-refractivity contribution < 1.29 is 0 Å². The minimum Gasteiger partial charge on any atom is -0.372 e. The van der Waals surface area contributed by atoms with Gasteiger partial charge in [-0.25, -0.2) is 9.67 Å². The number of nitrogens with zero attached hydrogens (tertiary/aromatic N) is 4. The summed E-state index contributed by atoms with van der Waals surface area (Å²) in [4.78, 5) is 4.46. The molecule has 5 nitrogen and oxygen atoms in total. The molecule has 0 saturated carbocycles. The van der Waals surface area contributed by atoms with Crippen LogP contribution in [-0.2, 0) is 5.54 Å². The lowest BCUT2D eigenvalue weighted by atomic mass is 10.1. The minimum absolute atomic E-state index is 0.131. The van der Waals surface area contributed by atoms with Crippen LogP contribution in [0.15, 0.2) is 12.3 Å². The Balaban J connectivity index is 2.75. The first-order valence-corrected chi connectivity index (χ1v) is 5.44. The van der Waals surface area contributed by atoms with Gasteiger partial charge in [0.15, 0.2) is 5.65 Å². The quantitative estimate of drug-likeness (QED) is 0.813. The van der Waals surface area contributed by atoms with E-state index in [0.29, 0.717) is 11.4 Å². The predicted octanol–water partition coefficient (Wildman–Crippen LogP) is 2.10. The lowest BCUT2D eigenvalue weighted by Crippen LogP contribution is -2.23. The molecule has 0 aromatic carbocycles. The standard InChI is InChI=1S/C12H15N5/c1-12(2,3)17-11-9(7-15-17)5-8(6-13)10(14-4)16-11/h5,7H,1-4H3,(H,14,16). The zero-order valence-electron chi connectivity index (χ0n) is 10.4. The summed E-state index contributed by atoms with van der Waals surface area (Å²) in [5.74, 6) is 0.589. The zero-order valence-corrected chi connectivity index (χ0v) is 10.4. The van der Waals surface area contributed by atoms with E-state index in [0.717, 1.165) is 11.0 Å². The van der Waals surface area contributed by atoms with Crippen molar-refractivity contribution in [3.63, 3.8) is 0 Å². The Morgan fingerprint density at radius 2 is 2.12 bits per heavy atom. The summed E-state index contributed by atoms with van der Waals surface area (Å²) in [6.07, 6.45) is 1.74. The Kier molecular flexibility index (Phi) is 2.50. The van der Waals surface area contributed by atoms with Gasteiger partial charge in [-0.2, -0.15) is 10.4 Å². The summed E-state index contributed by atoms with van der Waals surface area (Å²) in [7, 11) is 1.76. The minimum atomic E-state index is -0.131. The summed E-state index contributed by atoms with van der Waals surface area (Å²) in [6, 6.07) is 3.93. The maximum absolute atomic E-state index is 9.02. The van der Waals surface area contributed by atoms with Crippen molar-refractivity contribution in [3.8, 4) is 6.07 Å². The fourth-order valence-electron chi connectivity index (χ4n) is 1.73. The number of fused-ring (bicyclic) bond motifs is 1. The van der Waals surface area contributed by atoms with Crippen LogP contribution in [0.3, 0.4) is 0 Å². The van der Waals surface area contributed by atoms with E-state index in [1.165, 1.54) is 0 Å². The highest BCUT2D eigenvalue weighted by Gasteiger charge is 2.19. The molecule has 2 aromatic rings. The van der Waals surface area contributed by atoms with E-state index in [2.05, 4.69) is 42.2 Å². The topological polar surface area (TPSA) is 66.5 Å². The maximum atomic E-state index is 9.02. The Labute approximate surface area is 100 Å². The SMILES string of the molecule is CNc1nc2c(cnn2C(C)(C)C)cc1C#N. The summed E-state index contributed by atoms with van der Waals surface area (Å²) in [5, 5.41) is 17.2. The molecule has 0 aliphatic rings. The third-order valence-electron chi connectivity index (χ3n) is 2.54. The molecule has 0 spiro atoms. The molecule has 2 aromatic heterocycles. The molecule has 0 amide bonds. The molecule has 0 saturated heterocycles. The largest absolute Gasteiger partial charge is 0.372 e. The lowest BCUT2D eigenvalue weighted by molar-refractivity contribution is 0.366. The Morgan fingerprint density at radius 3 is 2.65 bits per heavy atom. The first-order chi connectivity index (χ1) is 7.97. The average Bonchev–Trinajstić information content (AvgIpc) is 2.69. The van der Waals surface area contributed by atoms with Gasteiger partial charge in [0.25, 0.3) is 0 Å². The molecule has 1 N–H and O–H groups in total. The number of anilines is 1. The first-order valence-electron chi connectivity index (χ1n) is 5.44. The summed E-state index contributed by atoms with van der Waals surface area (Å²) < 4.78 is 1.87. The van der Waals surface area contributed by atoms with Crippen LogP contribution >= 0.6 is 0 Å². The van der Waals surface area contributed by atoms with Gasteiger partial charge in [-0.3, -0.25) is 0 Å². The van der Waals surface area contributed by atoms with Crippen molar-refractivity contribution >= 4 is 16.9 Å². The number of pyridine rings is 1. The van der Waals surface area contributed by atoms with Gasteiger partial charge >= 0.3 is 0 Å². The molecule has 5 heteroatoms. The molecule has 0 atom stereocenters. The molecule has 2 rings (SSSR count). The molecule has 0 fully saturated rings. The van der Waals surface area contributed by atoms with Gasteiger partial charge in [-0.05, 0) is 26.8 Å². The summed E-state index contributed by atoms with van der Waals surface area (Å²) in [5.41, 5.74) is 1.20. The number of nitrogens with one attached hydrogen (secondary N) is 1. The molecule has 0 unspecified atom stereocenters. The van der Waals surface area contributed by atoms with Crippen molar-refractivity contribution in [1.29, 1.82) is 5.26 Å². The maximum Gasteiger partial charge on any atom is 0.160 e. The van der Waals surface area contributed by atoms with E-state index < -0.39 is 0 Å². The molecule has 17 heavy (non-hydrogen) atoms. The smallest absolute Gasteiger partial charge is 0.160 e. The van der Waals surface area contributed by atoms with Crippen LogP contribution in [0.1, 0.15) is 26.3 Å². The van der Waals surface area contributed by atoms with Gasteiger partial charge < -0.3 is 5.32 Å². The third kappa shape index (κ3) is 1.82. The van der Waals surface area contributed by atoms with Gasteiger partial charge in [-0.15, -0.1) is 0 Å². The van der Waals surface area contributed by atoms with Gasteiger partial charge in [0.1, 0.15) is 11.9 Å². The molecule has 0 radical (unpaired) electrons. The van der Waals surface area contributed by atoms with Crippen molar-refractivity contribution in [2.75, 3.05) is 12.4 Å². The molecule has 0 bridgehead atoms. The lowest BCUT2D eigenvalue weighted by Gasteiger charge is -2.20. The fraction of sp³-hybridized carbons (Fsp3) is 0.417. The van der Waals surface area contributed by atoms with Crippen LogP contribution in [0.5, 0.6) is 0 Å². The third-order valence-corrected chi connectivity index (χ3v) is 2.54. The van der Waals surface area contributed by atoms with Crippen LogP contribution in [0, 0.1) is 11.3 Å². The Hall–Kier alpha value is -2.09. The summed E-state index contributed by atoms with van der Waals surface area (Å²) >= 11 is 0. The zero-order chi connectivity index (χ0) is 12.6. The number of rotatable bonds is 1. The highest BCUT2D eigenvalue weighted by Crippen LogP contribution is 2.23. The highest BCUT2D eigenvalue weighted by atomic mass is 15.3. The number of aromatic nitrogens is 3.